The quantitative estimate of drug-likeness (QED) is 0.316. The third-order valence-electron chi connectivity index (χ3n) is 8.32. The van der Waals surface area contributed by atoms with Gasteiger partial charge in [0.05, 0.1) is 14.2 Å². The lowest BCUT2D eigenvalue weighted by molar-refractivity contribution is 0.0724. The monoisotopic (exact) mass is 525 g/mol. The molecule has 0 bridgehead atoms. The van der Waals surface area contributed by atoms with Crippen LogP contribution >= 0.6 is 0 Å². The first-order valence-corrected chi connectivity index (χ1v) is 14.0. The molecule has 2 fully saturated rings. The fourth-order valence-corrected chi connectivity index (χ4v) is 6.36. The highest BCUT2D eigenvalue weighted by molar-refractivity contribution is 5.95. The molecule has 2 unspecified atom stereocenters. The summed E-state index contributed by atoms with van der Waals surface area (Å²) in [6, 6.07) is 8.81. The zero-order valence-corrected chi connectivity index (χ0v) is 23.0. The summed E-state index contributed by atoms with van der Waals surface area (Å²) in [6.07, 6.45) is 13.2. The van der Waals surface area contributed by atoms with Gasteiger partial charge in [-0.3, -0.25) is 4.79 Å². The minimum absolute atomic E-state index is 0.0992. The van der Waals surface area contributed by atoms with Gasteiger partial charge in [-0.15, -0.1) is 0 Å². The topological polar surface area (TPSA) is 38.8 Å². The van der Waals surface area contributed by atoms with Crippen LogP contribution in [0.15, 0.2) is 42.0 Å². The van der Waals surface area contributed by atoms with Crippen molar-refractivity contribution in [2.45, 2.75) is 64.7 Å². The van der Waals surface area contributed by atoms with Gasteiger partial charge in [-0.1, -0.05) is 56.6 Å². The molecule has 2 aromatic rings. The molecular formula is C32H41F2NO3. The van der Waals surface area contributed by atoms with Crippen molar-refractivity contribution in [2.75, 3.05) is 27.3 Å². The Morgan fingerprint density at radius 1 is 0.921 bits per heavy atom. The Labute approximate surface area is 226 Å². The highest BCUT2D eigenvalue weighted by atomic mass is 19.1. The van der Waals surface area contributed by atoms with Crippen molar-refractivity contribution in [3.8, 4) is 11.5 Å². The first kappa shape index (κ1) is 28.1. The van der Waals surface area contributed by atoms with E-state index in [4.69, 9.17) is 9.47 Å². The van der Waals surface area contributed by atoms with Crippen LogP contribution in [0.3, 0.4) is 0 Å². The normalized spacial score (nSPS) is 20.4. The maximum Gasteiger partial charge on any atom is 0.254 e. The largest absolute Gasteiger partial charge is 0.497 e. The Kier molecular flexibility index (Phi) is 9.81. The summed E-state index contributed by atoms with van der Waals surface area (Å²) in [4.78, 5) is 15.8. The van der Waals surface area contributed by atoms with Crippen molar-refractivity contribution >= 4 is 12.0 Å². The predicted molar refractivity (Wildman–Crippen MR) is 147 cm³/mol. The van der Waals surface area contributed by atoms with Crippen molar-refractivity contribution in [2.24, 2.45) is 17.8 Å². The molecule has 0 aliphatic heterocycles. The molecule has 0 aromatic heterocycles. The molecule has 4 nitrogen and oxygen atoms in total. The summed E-state index contributed by atoms with van der Waals surface area (Å²) in [5, 5.41) is 0. The second-order valence-electron chi connectivity index (χ2n) is 11.1. The Hall–Kier alpha value is -2.89. The summed E-state index contributed by atoms with van der Waals surface area (Å²) in [5.74, 6) is 1.70. The Morgan fingerprint density at radius 3 is 2.26 bits per heavy atom. The van der Waals surface area contributed by atoms with Crippen LogP contribution in [0.2, 0.25) is 0 Å². The summed E-state index contributed by atoms with van der Waals surface area (Å²) < 4.78 is 38.6. The molecule has 0 heterocycles. The number of carbonyl (C=O) groups excluding carboxylic acids is 1. The van der Waals surface area contributed by atoms with E-state index in [1.165, 1.54) is 63.5 Å². The third kappa shape index (κ3) is 7.36. The molecule has 4 rings (SSSR count). The van der Waals surface area contributed by atoms with Gasteiger partial charge in [0.2, 0.25) is 0 Å². The lowest BCUT2D eigenvalue weighted by atomic mass is 9.79. The molecule has 0 spiro atoms. The third-order valence-corrected chi connectivity index (χ3v) is 8.32. The van der Waals surface area contributed by atoms with E-state index in [1.54, 1.807) is 38.5 Å². The van der Waals surface area contributed by atoms with E-state index < -0.39 is 11.6 Å². The van der Waals surface area contributed by atoms with Crippen molar-refractivity contribution < 1.29 is 23.0 Å². The molecular weight excluding hydrogens is 484 g/mol. The second kappa shape index (κ2) is 13.3. The van der Waals surface area contributed by atoms with E-state index in [2.05, 4.69) is 0 Å². The Morgan fingerprint density at radius 2 is 1.61 bits per heavy atom. The lowest BCUT2D eigenvalue weighted by Gasteiger charge is -2.32. The van der Waals surface area contributed by atoms with E-state index in [0.29, 0.717) is 47.6 Å². The van der Waals surface area contributed by atoms with E-state index in [9.17, 15) is 13.6 Å². The van der Waals surface area contributed by atoms with E-state index in [0.717, 1.165) is 24.0 Å². The average Bonchev–Trinajstić information content (AvgIpc) is 3.35. The number of ether oxygens (including phenoxy) is 2. The number of carbonyl (C=O) groups is 1. The van der Waals surface area contributed by atoms with Crippen LogP contribution in [-0.4, -0.2) is 38.1 Å². The van der Waals surface area contributed by atoms with Crippen LogP contribution in [0, 0.1) is 29.4 Å². The number of amides is 1. The van der Waals surface area contributed by atoms with Gasteiger partial charge >= 0.3 is 0 Å². The molecule has 0 N–H and O–H groups in total. The van der Waals surface area contributed by atoms with Crippen molar-refractivity contribution in [1.82, 2.24) is 4.90 Å². The smallest absolute Gasteiger partial charge is 0.254 e. The molecule has 2 aliphatic rings. The van der Waals surface area contributed by atoms with Crippen LogP contribution in [0.5, 0.6) is 11.5 Å². The molecule has 6 heteroatoms. The van der Waals surface area contributed by atoms with Crippen LogP contribution < -0.4 is 9.47 Å². The number of rotatable bonds is 10. The van der Waals surface area contributed by atoms with Crippen molar-refractivity contribution in [3.63, 3.8) is 0 Å². The highest BCUT2D eigenvalue weighted by Crippen LogP contribution is 2.40. The minimum Gasteiger partial charge on any atom is -0.497 e. The fraction of sp³-hybridized carbons (Fsp3) is 0.531. The molecule has 38 heavy (non-hydrogen) atoms. The SMILES string of the molecule is COc1cc(OC)cc(C(=O)N(CC(C)=Cc2ccc(F)cc2F)CC2CCCC2CC2CCCCC2)c1. The molecule has 2 aliphatic carbocycles. The first-order chi connectivity index (χ1) is 18.4. The molecule has 1 amide bonds. The summed E-state index contributed by atoms with van der Waals surface area (Å²) in [5.41, 5.74) is 1.65. The fourth-order valence-electron chi connectivity index (χ4n) is 6.36. The molecule has 0 saturated heterocycles. The van der Waals surface area contributed by atoms with Gasteiger partial charge in [0.15, 0.2) is 0 Å². The van der Waals surface area contributed by atoms with E-state index in [1.807, 2.05) is 11.8 Å². The molecule has 206 valence electrons. The predicted octanol–water partition coefficient (Wildman–Crippen LogP) is 7.91. The van der Waals surface area contributed by atoms with Crippen LogP contribution in [0.1, 0.15) is 80.6 Å². The minimum atomic E-state index is -0.608. The first-order valence-electron chi connectivity index (χ1n) is 14.0. The Bertz CT molecular complexity index is 1100. The highest BCUT2D eigenvalue weighted by Gasteiger charge is 2.33. The maximum atomic E-state index is 14.3. The zero-order chi connectivity index (χ0) is 27.1. The number of methoxy groups -OCH3 is 2. The zero-order valence-electron chi connectivity index (χ0n) is 23.0. The average molecular weight is 526 g/mol. The van der Waals surface area contributed by atoms with Crippen molar-refractivity contribution in [3.05, 3.63) is 64.7 Å². The maximum absolute atomic E-state index is 14.3. The van der Waals surface area contributed by atoms with E-state index in [-0.39, 0.29) is 5.91 Å². The summed E-state index contributed by atoms with van der Waals surface area (Å²) in [6.45, 7) is 2.91. The van der Waals surface area contributed by atoms with Gasteiger partial charge in [-0.05, 0) is 61.8 Å². The molecule has 2 saturated carbocycles. The molecule has 0 radical (unpaired) electrons. The van der Waals surface area contributed by atoms with Crippen LogP contribution in [0.4, 0.5) is 8.78 Å². The van der Waals surface area contributed by atoms with Crippen molar-refractivity contribution in [1.29, 1.82) is 0 Å². The number of halogens is 2. The number of hydrogen-bond donors (Lipinski definition) is 0. The second-order valence-corrected chi connectivity index (χ2v) is 11.1. The molecule has 2 aromatic carbocycles. The lowest BCUT2D eigenvalue weighted by Crippen LogP contribution is -2.38. The summed E-state index contributed by atoms with van der Waals surface area (Å²) in [7, 11) is 3.14. The van der Waals surface area contributed by atoms with Crippen LogP contribution in [-0.2, 0) is 0 Å². The van der Waals surface area contributed by atoms with Gasteiger partial charge in [0, 0.05) is 36.3 Å². The number of hydrogen-bond acceptors (Lipinski definition) is 3. The van der Waals surface area contributed by atoms with Gasteiger partial charge in [-0.2, -0.15) is 0 Å². The van der Waals surface area contributed by atoms with Gasteiger partial charge in [0.1, 0.15) is 23.1 Å². The molecule has 2 atom stereocenters. The van der Waals surface area contributed by atoms with E-state index >= 15 is 0 Å². The van der Waals surface area contributed by atoms with Crippen LogP contribution in [0.25, 0.3) is 6.08 Å². The standard InChI is InChI=1S/C32H41F2NO3/c1-22(14-25-12-13-28(33)18-31(25)34)20-35(32(36)27-16-29(37-2)19-30(17-27)38-3)21-26-11-7-10-24(26)15-23-8-5-4-6-9-23/h12-14,16-19,23-24,26H,4-11,15,20-21H2,1-3H3. The van der Waals surface area contributed by atoms with Gasteiger partial charge < -0.3 is 14.4 Å². The Balaban J connectivity index is 1.58. The van der Waals surface area contributed by atoms with Gasteiger partial charge in [-0.25, -0.2) is 8.78 Å². The van der Waals surface area contributed by atoms with Gasteiger partial charge in [0.25, 0.3) is 5.91 Å². The summed E-state index contributed by atoms with van der Waals surface area (Å²) >= 11 is 0. The number of benzene rings is 2. The number of nitrogens with zero attached hydrogens (tertiary/aromatic N) is 1.